The van der Waals surface area contributed by atoms with E-state index in [1.807, 2.05) is 6.92 Å². The van der Waals surface area contributed by atoms with Gasteiger partial charge in [0.2, 0.25) is 0 Å². The van der Waals surface area contributed by atoms with Crippen molar-refractivity contribution in [2.75, 3.05) is 6.61 Å². The number of carbonyl (C=O) groups is 1. The monoisotopic (exact) mass is 182 g/mol. The Balaban J connectivity index is 2.21. The van der Waals surface area contributed by atoms with Crippen LogP contribution in [0.25, 0.3) is 0 Å². The zero-order chi connectivity index (χ0) is 9.80. The maximum Gasteiger partial charge on any atom is 0.141 e. The molecule has 2 heteroatoms. The third kappa shape index (κ3) is 1.08. The van der Waals surface area contributed by atoms with Crippen molar-refractivity contribution in [3.8, 4) is 0 Å². The fourth-order valence-electron chi connectivity index (χ4n) is 3.28. The minimum absolute atomic E-state index is 0.0494. The molecule has 0 spiro atoms. The first-order chi connectivity index (χ1) is 6.00. The highest BCUT2D eigenvalue weighted by Gasteiger charge is 2.64. The third-order valence-corrected chi connectivity index (χ3v) is 4.23. The van der Waals surface area contributed by atoms with E-state index in [4.69, 9.17) is 0 Å². The lowest BCUT2D eigenvalue weighted by Crippen LogP contribution is -2.31. The largest absolute Gasteiger partial charge is 0.396 e. The average Bonchev–Trinajstić information content (AvgIpc) is 2.57. The van der Waals surface area contributed by atoms with Gasteiger partial charge in [-0.15, -0.1) is 0 Å². The molecule has 74 valence electrons. The van der Waals surface area contributed by atoms with E-state index in [-0.39, 0.29) is 24.2 Å². The topological polar surface area (TPSA) is 37.3 Å². The SMILES string of the molecule is CC1CC2C(C(CO)C1=O)C2(C)C. The maximum atomic E-state index is 11.7. The number of hydrogen-bond donors (Lipinski definition) is 1. The fraction of sp³-hybridized carbons (Fsp3) is 0.909. The number of carbonyl (C=O) groups excluding carboxylic acids is 1. The molecule has 1 N–H and O–H groups in total. The van der Waals surface area contributed by atoms with Gasteiger partial charge in [-0.25, -0.2) is 0 Å². The van der Waals surface area contributed by atoms with E-state index < -0.39 is 0 Å². The summed E-state index contributed by atoms with van der Waals surface area (Å²) >= 11 is 0. The number of aliphatic hydroxyl groups excluding tert-OH is 1. The lowest BCUT2D eigenvalue weighted by molar-refractivity contribution is -0.130. The van der Waals surface area contributed by atoms with Crippen LogP contribution in [0, 0.1) is 29.1 Å². The lowest BCUT2D eigenvalue weighted by atomic mass is 9.81. The van der Waals surface area contributed by atoms with Gasteiger partial charge in [0.15, 0.2) is 0 Å². The molecule has 0 radical (unpaired) electrons. The first-order valence-electron chi connectivity index (χ1n) is 5.14. The molecule has 4 atom stereocenters. The number of aliphatic hydroxyl groups is 1. The van der Waals surface area contributed by atoms with Gasteiger partial charge in [0.05, 0.1) is 6.61 Å². The van der Waals surface area contributed by atoms with Gasteiger partial charge in [0, 0.05) is 11.8 Å². The first kappa shape index (κ1) is 9.20. The van der Waals surface area contributed by atoms with Crippen LogP contribution < -0.4 is 0 Å². The summed E-state index contributed by atoms with van der Waals surface area (Å²) in [6.45, 7) is 6.48. The zero-order valence-electron chi connectivity index (χ0n) is 8.58. The van der Waals surface area contributed by atoms with Gasteiger partial charge in [-0.2, -0.15) is 0 Å². The molecule has 0 heterocycles. The van der Waals surface area contributed by atoms with Crippen LogP contribution in [-0.4, -0.2) is 17.5 Å². The van der Waals surface area contributed by atoms with E-state index >= 15 is 0 Å². The van der Waals surface area contributed by atoms with Gasteiger partial charge in [0.25, 0.3) is 0 Å². The summed E-state index contributed by atoms with van der Waals surface area (Å²) in [5, 5.41) is 9.19. The van der Waals surface area contributed by atoms with Crippen molar-refractivity contribution in [2.45, 2.75) is 27.2 Å². The third-order valence-electron chi connectivity index (χ3n) is 4.23. The Morgan fingerprint density at radius 1 is 1.54 bits per heavy atom. The Morgan fingerprint density at radius 2 is 2.15 bits per heavy atom. The van der Waals surface area contributed by atoms with Crippen molar-refractivity contribution in [1.82, 2.24) is 0 Å². The minimum Gasteiger partial charge on any atom is -0.396 e. The molecule has 4 unspecified atom stereocenters. The normalized spacial score (nSPS) is 47.2. The van der Waals surface area contributed by atoms with E-state index in [9.17, 15) is 9.90 Å². The van der Waals surface area contributed by atoms with Crippen LogP contribution in [0.2, 0.25) is 0 Å². The van der Waals surface area contributed by atoms with E-state index in [1.165, 1.54) is 0 Å². The lowest BCUT2D eigenvalue weighted by Gasteiger charge is -2.22. The Morgan fingerprint density at radius 3 is 2.69 bits per heavy atom. The van der Waals surface area contributed by atoms with E-state index in [2.05, 4.69) is 13.8 Å². The maximum absolute atomic E-state index is 11.7. The first-order valence-corrected chi connectivity index (χ1v) is 5.14. The fourth-order valence-corrected chi connectivity index (χ4v) is 3.28. The van der Waals surface area contributed by atoms with Crippen LogP contribution in [0.1, 0.15) is 27.2 Å². The molecule has 0 bridgehead atoms. The molecule has 2 rings (SSSR count). The van der Waals surface area contributed by atoms with Crippen molar-refractivity contribution in [3.05, 3.63) is 0 Å². The van der Waals surface area contributed by atoms with E-state index in [1.54, 1.807) is 0 Å². The Bertz CT molecular complexity index is 244. The molecular weight excluding hydrogens is 164 g/mol. The number of hydrogen-bond acceptors (Lipinski definition) is 2. The zero-order valence-corrected chi connectivity index (χ0v) is 8.58. The molecule has 0 aromatic carbocycles. The van der Waals surface area contributed by atoms with Crippen LogP contribution in [-0.2, 0) is 4.79 Å². The second-order valence-electron chi connectivity index (χ2n) is 5.28. The molecule has 2 nitrogen and oxygen atoms in total. The van der Waals surface area contributed by atoms with Gasteiger partial charge in [-0.3, -0.25) is 4.79 Å². The highest BCUT2D eigenvalue weighted by molar-refractivity contribution is 5.85. The van der Waals surface area contributed by atoms with Gasteiger partial charge >= 0.3 is 0 Å². The molecule has 2 fully saturated rings. The second-order valence-corrected chi connectivity index (χ2v) is 5.28. The summed E-state index contributed by atoms with van der Waals surface area (Å²) in [6.07, 6.45) is 1.03. The van der Waals surface area contributed by atoms with E-state index in [0.717, 1.165) is 6.42 Å². The van der Waals surface area contributed by atoms with Crippen LogP contribution in [0.4, 0.5) is 0 Å². The van der Waals surface area contributed by atoms with Crippen molar-refractivity contribution in [2.24, 2.45) is 29.1 Å². The number of rotatable bonds is 1. The summed E-state index contributed by atoms with van der Waals surface area (Å²) in [6, 6.07) is 0. The Kier molecular flexibility index (Phi) is 1.82. The van der Waals surface area contributed by atoms with Crippen LogP contribution in [0.5, 0.6) is 0 Å². The molecule has 0 saturated heterocycles. The van der Waals surface area contributed by atoms with E-state index in [0.29, 0.717) is 17.3 Å². The van der Waals surface area contributed by atoms with Crippen molar-refractivity contribution in [1.29, 1.82) is 0 Å². The summed E-state index contributed by atoms with van der Waals surface area (Å²) in [5.74, 6) is 1.52. The molecule has 0 aliphatic heterocycles. The standard InChI is InChI=1S/C11H18O2/c1-6-4-8-9(11(8,2)3)7(5-12)10(6)13/h6-9,12H,4-5H2,1-3H3. The summed E-state index contributed by atoms with van der Waals surface area (Å²) in [5.41, 5.74) is 0.299. The van der Waals surface area contributed by atoms with Gasteiger partial charge in [-0.05, 0) is 23.7 Å². The summed E-state index contributed by atoms with van der Waals surface area (Å²) in [4.78, 5) is 11.7. The molecule has 2 aliphatic rings. The molecule has 2 saturated carbocycles. The molecule has 0 amide bonds. The van der Waals surface area contributed by atoms with Crippen LogP contribution in [0.15, 0.2) is 0 Å². The second kappa shape index (κ2) is 2.57. The number of fused-ring (bicyclic) bond motifs is 1. The molecule has 0 aromatic rings. The number of ketones is 1. The summed E-state index contributed by atoms with van der Waals surface area (Å²) < 4.78 is 0. The van der Waals surface area contributed by atoms with Gasteiger partial charge in [0.1, 0.15) is 5.78 Å². The molecule has 2 aliphatic carbocycles. The highest BCUT2D eigenvalue weighted by atomic mass is 16.3. The quantitative estimate of drug-likeness (QED) is 0.667. The predicted octanol–water partition coefficient (Wildman–Crippen LogP) is 1.48. The van der Waals surface area contributed by atoms with Crippen LogP contribution in [0.3, 0.4) is 0 Å². The highest BCUT2D eigenvalue weighted by Crippen LogP contribution is 2.66. The average molecular weight is 182 g/mol. The van der Waals surface area contributed by atoms with Crippen LogP contribution >= 0.6 is 0 Å². The van der Waals surface area contributed by atoms with Gasteiger partial charge in [-0.1, -0.05) is 20.8 Å². The predicted molar refractivity (Wildman–Crippen MR) is 50.1 cm³/mol. The van der Waals surface area contributed by atoms with Gasteiger partial charge < -0.3 is 5.11 Å². The Labute approximate surface area is 79.3 Å². The molecular formula is C11H18O2. The van der Waals surface area contributed by atoms with Crippen molar-refractivity contribution < 1.29 is 9.90 Å². The summed E-state index contributed by atoms with van der Waals surface area (Å²) in [7, 11) is 0. The number of Topliss-reactive ketones (excluding diaryl/α,β-unsaturated/α-hetero) is 1. The van der Waals surface area contributed by atoms with Crippen molar-refractivity contribution in [3.63, 3.8) is 0 Å². The molecule has 13 heavy (non-hydrogen) atoms. The minimum atomic E-state index is -0.0660. The van der Waals surface area contributed by atoms with Crippen molar-refractivity contribution >= 4 is 5.78 Å². The molecule has 0 aromatic heterocycles. The smallest absolute Gasteiger partial charge is 0.141 e. The Hall–Kier alpha value is -0.370.